The molecule has 0 fully saturated rings. The Kier molecular flexibility index (Phi) is 8.13. The monoisotopic (exact) mass is 835 g/mol. The highest BCUT2D eigenvalue weighted by molar-refractivity contribution is 7.20. The Balaban J connectivity index is 1.17. The molecule has 0 N–H and O–H groups in total. The average molecular weight is 836 g/mol. The first-order valence-corrected chi connectivity index (χ1v) is 23.6. The molecule has 0 atom stereocenters. The normalized spacial score (nSPS) is 12.1. The van der Waals surface area contributed by atoms with E-state index in [-0.39, 0.29) is 0 Å². The molecule has 0 radical (unpaired) electrons. The Morgan fingerprint density at radius 1 is 0.344 bits per heavy atom. The van der Waals surface area contributed by atoms with Crippen LogP contribution in [0.2, 0.25) is 0 Å². The molecular formula is C57H37N5OSi. The molecule has 0 aliphatic carbocycles. The number of furan rings is 1. The van der Waals surface area contributed by atoms with Crippen molar-refractivity contribution in [2.45, 2.75) is 0 Å². The van der Waals surface area contributed by atoms with Gasteiger partial charge in [-0.05, 0) is 51.1 Å². The number of hydrogen-bond acceptors (Lipinski definition) is 4. The Morgan fingerprint density at radius 2 is 0.719 bits per heavy atom. The number of benzene rings is 9. The largest absolute Gasteiger partial charge is 0.456 e. The van der Waals surface area contributed by atoms with Gasteiger partial charge in [-0.15, -0.1) is 0 Å². The van der Waals surface area contributed by atoms with Crippen molar-refractivity contribution < 1.29 is 4.42 Å². The lowest BCUT2D eigenvalue weighted by Crippen LogP contribution is -2.74. The quantitative estimate of drug-likeness (QED) is 0.119. The maximum absolute atomic E-state index is 7.20. The Labute approximate surface area is 369 Å². The third kappa shape index (κ3) is 5.28. The highest BCUT2D eigenvalue weighted by Gasteiger charge is 2.44. The van der Waals surface area contributed by atoms with Crippen LogP contribution < -0.4 is 20.7 Å². The van der Waals surface area contributed by atoms with Gasteiger partial charge in [0.2, 0.25) is 11.9 Å². The van der Waals surface area contributed by atoms with Crippen molar-refractivity contribution in [1.82, 2.24) is 24.1 Å². The fourth-order valence-corrected chi connectivity index (χ4v) is 15.2. The van der Waals surface area contributed by atoms with Gasteiger partial charge in [-0.1, -0.05) is 194 Å². The van der Waals surface area contributed by atoms with E-state index in [9.17, 15) is 0 Å². The van der Waals surface area contributed by atoms with Crippen molar-refractivity contribution in [1.29, 1.82) is 0 Å². The van der Waals surface area contributed by atoms with Crippen molar-refractivity contribution in [2.24, 2.45) is 0 Å². The Hall–Kier alpha value is -8.39. The van der Waals surface area contributed by atoms with Gasteiger partial charge in [-0.25, -0.2) is 0 Å². The summed E-state index contributed by atoms with van der Waals surface area (Å²) in [6.45, 7) is 0. The third-order valence-electron chi connectivity index (χ3n) is 13.0. The molecule has 0 saturated carbocycles. The zero-order chi connectivity index (χ0) is 42.2. The van der Waals surface area contributed by atoms with E-state index < -0.39 is 8.07 Å². The second-order valence-corrected chi connectivity index (χ2v) is 20.1. The zero-order valence-electron chi connectivity index (χ0n) is 34.5. The van der Waals surface area contributed by atoms with Crippen molar-refractivity contribution in [3.63, 3.8) is 0 Å². The van der Waals surface area contributed by atoms with Crippen LogP contribution in [0.25, 0.3) is 88.8 Å². The third-order valence-corrected chi connectivity index (χ3v) is 17.8. The SMILES string of the molecule is c1ccc([Si](c2ccccc2)(c2ccccc2)c2ccc(-c3nc(-n4c5ccccc5c5ccccc54)nc(-n4c5ccccc5c5ccccc54)n3)c3c2oc2ccccc23)cc1. The lowest BCUT2D eigenvalue weighted by atomic mass is 10.1. The van der Waals surface area contributed by atoms with E-state index in [1.807, 2.05) is 6.07 Å². The summed E-state index contributed by atoms with van der Waals surface area (Å²) in [7, 11) is -3.04. The minimum atomic E-state index is -3.04. The zero-order valence-corrected chi connectivity index (χ0v) is 35.5. The van der Waals surface area contributed by atoms with Gasteiger partial charge in [-0.2, -0.15) is 15.0 Å². The molecule has 13 rings (SSSR count). The van der Waals surface area contributed by atoms with Crippen molar-refractivity contribution >= 4 is 94.4 Å². The molecule has 300 valence electrons. The molecule has 4 heterocycles. The second-order valence-electron chi connectivity index (χ2n) is 16.3. The summed E-state index contributed by atoms with van der Waals surface area (Å²) in [5.74, 6) is 1.62. The van der Waals surface area contributed by atoms with Crippen molar-refractivity contribution in [3.8, 4) is 23.3 Å². The van der Waals surface area contributed by atoms with E-state index in [0.717, 1.165) is 76.3 Å². The van der Waals surface area contributed by atoms with Crippen LogP contribution in [-0.4, -0.2) is 32.2 Å². The second kappa shape index (κ2) is 14.3. The predicted molar refractivity (Wildman–Crippen MR) is 265 cm³/mol. The maximum Gasteiger partial charge on any atom is 0.240 e. The molecule has 0 spiro atoms. The van der Waals surface area contributed by atoms with Crippen LogP contribution in [0.5, 0.6) is 0 Å². The van der Waals surface area contributed by atoms with Gasteiger partial charge in [0, 0.05) is 37.9 Å². The molecule has 6 nitrogen and oxygen atoms in total. The molecule has 0 unspecified atom stereocenters. The van der Waals surface area contributed by atoms with Crippen LogP contribution >= 0.6 is 0 Å². The molecule has 64 heavy (non-hydrogen) atoms. The van der Waals surface area contributed by atoms with Gasteiger partial charge >= 0.3 is 0 Å². The summed E-state index contributed by atoms with van der Waals surface area (Å²) in [5, 5.41) is 11.5. The number of rotatable bonds is 7. The fourth-order valence-electron chi connectivity index (χ4n) is 10.3. The molecule has 7 heteroatoms. The van der Waals surface area contributed by atoms with Gasteiger partial charge in [0.15, 0.2) is 13.9 Å². The molecule has 4 aromatic heterocycles. The van der Waals surface area contributed by atoms with E-state index in [1.165, 1.54) is 15.6 Å². The van der Waals surface area contributed by atoms with Crippen LogP contribution in [-0.2, 0) is 0 Å². The van der Waals surface area contributed by atoms with E-state index >= 15 is 0 Å². The number of fused-ring (bicyclic) bond motifs is 9. The van der Waals surface area contributed by atoms with Crippen molar-refractivity contribution in [2.75, 3.05) is 0 Å². The lowest BCUT2D eigenvalue weighted by molar-refractivity contribution is 0.671. The lowest BCUT2D eigenvalue weighted by Gasteiger charge is -2.34. The van der Waals surface area contributed by atoms with Crippen LogP contribution in [0.4, 0.5) is 0 Å². The highest BCUT2D eigenvalue weighted by Crippen LogP contribution is 2.38. The minimum absolute atomic E-state index is 0.533. The molecule has 0 bridgehead atoms. The van der Waals surface area contributed by atoms with E-state index in [4.69, 9.17) is 19.4 Å². The first-order valence-electron chi connectivity index (χ1n) is 21.6. The number of aromatic nitrogens is 5. The van der Waals surface area contributed by atoms with E-state index in [2.05, 4.69) is 228 Å². The number of nitrogens with zero attached hydrogens (tertiary/aromatic N) is 5. The first-order chi connectivity index (χ1) is 31.8. The van der Waals surface area contributed by atoms with Crippen LogP contribution in [0, 0.1) is 0 Å². The highest BCUT2D eigenvalue weighted by atomic mass is 28.3. The molecule has 13 aromatic rings. The Bertz CT molecular complexity index is 3580. The van der Waals surface area contributed by atoms with Crippen LogP contribution in [0.15, 0.2) is 229 Å². The smallest absolute Gasteiger partial charge is 0.240 e. The van der Waals surface area contributed by atoms with Gasteiger partial charge in [-0.3, -0.25) is 9.13 Å². The fraction of sp³-hybridized carbons (Fsp3) is 0. The molecule has 0 aliphatic heterocycles. The molecule has 0 aliphatic rings. The van der Waals surface area contributed by atoms with Gasteiger partial charge in [0.25, 0.3) is 0 Å². The van der Waals surface area contributed by atoms with E-state index in [1.54, 1.807) is 0 Å². The van der Waals surface area contributed by atoms with Crippen molar-refractivity contribution in [3.05, 3.63) is 224 Å². The molecular weight excluding hydrogens is 799 g/mol. The van der Waals surface area contributed by atoms with E-state index in [0.29, 0.717) is 17.7 Å². The number of hydrogen-bond donors (Lipinski definition) is 0. The summed E-state index contributed by atoms with van der Waals surface area (Å²) in [4.78, 5) is 16.5. The van der Waals surface area contributed by atoms with Crippen LogP contribution in [0.3, 0.4) is 0 Å². The van der Waals surface area contributed by atoms with Gasteiger partial charge in [0.05, 0.1) is 22.1 Å². The predicted octanol–water partition coefficient (Wildman–Crippen LogP) is 11.0. The molecule has 0 amide bonds. The molecule has 0 saturated heterocycles. The van der Waals surface area contributed by atoms with Crippen LogP contribution in [0.1, 0.15) is 0 Å². The summed E-state index contributed by atoms with van der Waals surface area (Å²) in [6, 6.07) is 79.8. The summed E-state index contributed by atoms with van der Waals surface area (Å²) in [6.07, 6.45) is 0. The number of para-hydroxylation sites is 5. The standard InChI is InChI=1S/C57H37N5OSi/c1-4-20-38(21-5-1)64(39-22-6-2-7-23-39,40-24-8-3-9-25-40)52-37-36-46(53-45-30-14-19-35-51(45)63-54(52)53)55-58-56(61-47-31-15-10-26-41(47)42-27-11-16-32-48(42)61)60-57(59-55)62-49-33-17-12-28-43(49)44-29-13-18-34-50(44)62/h1-37H. The maximum atomic E-state index is 7.20. The Morgan fingerprint density at radius 3 is 1.16 bits per heavy atom. The average Bonchev–Trinajstić information content (AvgIpc) is 4.04. The molecule has 9 aromatic carbocycles. The van der Waals surface area contributed by atoms with Gasteiger partial charge < -0.3 is 4.42 Å². The topological polar surface area (TPSA) is 61.7 Å². The van der Waals surface area contributed by atoms with Gasteiger partial charge in [0.1, 0.15) is 11.2 Å². The summed E-state index contributed by atoms with van der Waals surface area (Å²) < 4.78 is 11.6. The first kappa shape index (κ1) is 36.3. The summed E-state index contributed by atoms with van der Waals surface area (Å²) in [5.41, 5.74) is 6.59. The summed E-state index contributed by atoms with van der Waals surface area (Å²) >= 11 is 0. The minimum Gasteiger partial charge on any atom is -0.456 e.